The summed E-state index contributed by atoms with van der Waals surface area (Å²) < 4.78 is 5.47. The van der Waals surface area contributed by atoms with E-state index in [4.69, 9.17) is 4.74 Å². The molecule has 1 aromatic rings. The number of ether oxygens (including phenoxy) is 1. The van der Waals surface area contributed by atoms with Gasteiger partial charge in [-0.1, -0.05) is 12.5 Å². The van der Waals surface area contributed by atoms with Crippen molar-refractivity contribution in [2.24, 2.45) is 5.92 Å². The van der Waals surface area contributed by atoms with Crippen LogP contribution < -0.4 is 9.64 Å². The number of nitrogens with zero attached hydrogens (tertiary/aromatic N) is 2. The normalized spacial score (nSPS) is 19.3. The van der Waals surface area contributed by atoms with Gasteiger partial charge in [-0.15, -0.1) is 0 Å². The number of hydrogen-bond donors (Lipinski definition) is 0. The molecule has 3 rings (SSSR count). The highest BCUT2D eigenvalue weighted by Crippen LogP contribution is 2.31. The molecule has 0 aromatic heterocycles. The Morgan fingerprint density at radius 3 is 2.48 bits per heavy atom. The van der Waals surface area contributed by atoms with Crippen LogP contribution in [0.25, 0.3) is 0 Å². The minimum atomic E-state index is 0.310. The molecule has 4 nitrogen and oxygen atoms in total. The predicted molar refractivity (Wildman–Crippen MR) is 83.9 cm³/mol. The lowest BCUT2D eigenvalue weighted by Crippen LogP contribution is -2.51. The Morgan fingerprint density at radius 2 is 1.90 bits per heavy atom. The lowest BCUT2D eigenvalue weighted by molar-refractivity contribution is -0.138. The number of carbonyl (C=O) groups is 1. The van der Waals surface area contributed by atoms with Crippen molar-refractivity contribution in [2.45, 2.75) is 26.2 Å². The third-order valence-electron chi connectivity index (χ3n) is 4.72. The van der Waals surface area contributed by atoms with Crippen molar-refractivity contribution in [2.75, 3.05) is 38.2 Å². The van der Waals surface area contributed by atoms with E-state index in [-0.39, 0.29) is 0 Å². The molecule has 1 saturated carbocycles. The van der Waals surface area contributed by atoms with Gasteiger partial charge in [-0.05, 0) is 37.5 Å². The van der Waals surface area contributed by atoms with Gasteiger partial charge in [-0.3, -0.25) is 4.79 Å². The van der Waals surface area contributed by atoms with Gasteiger partial charge in [-0.2, -0.15) is 0 Å². The fourth-order valence-corrected chi connectivity index (χ4v) is 3.13. The Hall–Kier alpha value is -1.71. The van der Waals surface area contributed by atoms with Crippen LogP contribution >= 0.6 is 0 Å². The topological polar surface area (TPSA) is 32.8 Å². The van der Waals surface area contributed by atoms with Crippen LogP contribution in [0.2, 0.25) is 0 Å². The summed E-state index contributed by atoms with van der Waals surface area (Å²) in [5.41, 5.74) is 2.38. The molecule has 2 fully saturated rings. The zero-order chi connectivity index (χ0) is 14.8. The molecule has 0 bridgehead atoms. The molecule has 0 spiro atoms. The van der Waals surface area contributed by atoms with E-state index in [0.29, 0.717) is 11.8 Å². The Balaban J connectivity index is 1.65. The number of hydrogen-bond acceptors (Lipinski definition) is 3. The van der Waals surface area contributed by atoms with Crippen LogP contribution in [0, 0.1) is 12.8 Å². The van der Waals surface area contributed by atoms with Crippen molar-refractivity contribution in [3.05, 3.63) is 23.8 Å². The van der Waals surface area contributed by atoms with Crippen molar-refractivity contribution in [3.8, 4) is 5.75 Å². The molecule has 0 N–H and O–H groups in total. The van der Waals surface area contributed by atoms with Crippen LogP contribution in [0.4, 0.5) is 5.69 Å². The Labute approximate surface area is 126 Å². The molecule has 21 heavy (non-hydrogen) atoms. The van der Waals surface area contributed by atoms with E-state index < -0.39 is 0 Å². The molecule has 114 valence electrons. The van der Waals surface area contributed by atoms with Gasteiger partial charge in [0.1, 0.15) is 5.75 Å². The van der Waals surface area contributed by atoms with Gasteiger partial charge in [0.15, 0.2) is 0 Å². The first-order valence-corrected chi connectivity index (χ1v) is 7.87. The summed E-state index contributed by atoms with van der Waals surface area (Å²) in [5, 5.41) is 0. The van der Waals surface area contributed by atoms with E-state index in [2.05, 4.69) is 24.0 Å². The minimum Gasteiger partial charge on any atom is -0.495 e. The van der Waals surface area contributed by atoms with E-state index in [0.717, 1.165) is 50.5 Å². The van der Waals surface area contributed by atoms with Gasteiger partial charge in [0.2, 0.25) is 5.91 Å². The number of amides is 1. The second-order valence-electron chi connectivity index (χ2n) is 6.12. The summed E-state index contributed by atoms with van der Waals surface area (Å²) in [6, 6.07) is 6.26. The smallest absolute Gasteiger partial charge is 0.225 e. The van der Waals surface area contributed by atoms with E-state index >= 15 is 0 Å². The summed E-state index contributed by atoms with van der Waals surface area (Å²) in [5.74, 6) is 1.60. The first kappa shape index (κ1) is 14.2. The lowest BCUT2D eigenvalue weighted by atomic mass is 9.84. The number of rotatable bonds is 3. The van der Waals surface area contributed by atoms with Gasteiger partial charge in [0.25, 0.3) is 0 Å². The fourth-order valence-electron chi connectivity index (χ4n) is 3.13. The molecule has 0 atom stereocenters. The number of benzene rings is 1. The van der Waals surface area contributed by atoms with Crippen LogP contribution in [0.5, 0.6) is 5.75 Å². The van der Waals surface area contributed by atoms with E-state index in [1.807, 2.05) is 11.0 Å². The standard InChI is InChI=1S/C17H24N2O2/c1-13-6-7-16(21-2)15(12-13)18-8-10-19(11-9-18)17(20)14-4-3-5-14/h6-7,12,14H,3-5,8-11H2,1-2H3. The highest BCUT2D eigenvalue weighted by atomic mass is 16.5. The third-order valence-corrected chi connectivity index (χ3v) is 4.72. The second kappa shape index (κ2) is 5.96. The maximum atomic E-state index is 12.3. The zero-order valence-electron chi connectivity index (χ0n) is 13.0. The molecule has 0 unspecified atom stereocenters. The molecule has 1 aliphatic heterocycles. The van der Waals surface area contributed by atoms with Crippen LogP contribution in [0.3, 0.4) is 0 Å². The van der Waals surface area contributed by atoms with Crippen molar-refractivity contribution in [1.82, 2.24) is 4.90 Å². The minimum absolute atomic E-state index is 0.310. The van der Waals surface area contributed by atoms with Gasteiger partial charge < -0.3 is 14.5 Å². The Morgan fingerprint density at radius 1 is 1.19 bits per heavy atom. The van der Waals surface area contributed by atoms with Gasteiger partial charge >= 0.3 is 0 Å². The molecule has 2 aliphatic rings. The predicted octanol–water partition coefficient (Wildman–Crippen LogP) is 2.45. The van der Waals surface area contributed by atoms with Gasteiger partial charge in [0, 0.05) is 32.1 Å². The number of piperazine rings is 1. The van der Waals surface area contributed by atoms with Crippen LogP contribution in [-0.4, -0.2) is 44.1 Å². The summed E-state index contributed by atoms with van der Waals surface area (Å²) >= 11 is 0. The molecular weight excluding hydrogens is 264 g/mol. The molecule has 4 heteroatoms. The fraction of sp³-hybridized carbons (Fsp3) is 0.588. The first-order chi connectivity index (χ1) is 10.2. The van der Waals surface area contributed by atoms with Gasteiger partial charge in [-0.25, -0.2) is 0 Å². The number of aryl methyl sites for hydroxylation is 1. The van der Waals surface area contributed by atoms with Crippen molar-refractivity contribution in [1.29, 1.82) is 0 Å². The van der Waals surface area contributed by atoms with E-state index in [1.54, 1.807) is 7.11 Å². The summed E-state index contributed by atoms with van der Waals surface area (Å²) in [6.07, 6.45) is 3.40. The number of anilines is 1. The maximum Gasteiger partial charge on any atom is 0.225 e. The van der Waals surface area contributed by atoms with Crippen molar-refractivity contribution in [3.63, 3.8) is 0 Å². The molecule has 0 radical (unpaired) electrons. The zero-order valence-corrected chi connectivity index (χ0v) is 13.0. The maximum absolute atomic E-state index is 12.3. The molecule has 1 saturated heterocycles. The van der Waals surface area contributed by atoms with Crippen LogP contribution in [-0.2, 0) is 4.79 Å². The third kappa shape index (κ3) is 2.85. The average Bonchev–Trinajstić information content (AvgIpc) is 2.45. The molecule has 1 aromatic carbocycles. The average molecular weight is 288 g/mol. The van der Waals surface area contributed by atoms with E-state index in [9.17, 15) is 4.79 Å². The van der Waals surface area contributed by atoms with Crippen molar-refractivity contribution >= 4 is 11.6 Å². The number of methoxy groups -OCH3 is 1. The SMILES string of the molecule is COc1ccc(C)cc1N1CCN(C(=O)C2CCC2)CC1. The molecule has 1 heterocycles. The molecule has 1 amide bonds. The van der Waals surface area contributed by atoms with Gasteiger partial charge in [0.05, 0.1) is 12.8 Å². The highest BCUT2D eigenvalue weighted by molar-refractivity contribution is 5.80. The summed E-state index contributed by atoms with van der Waals surface area (Å²) in [4.78, 5) is 16.7. The van der Waals surface area contributed by atoms with Crippen LogP contribution in [0.15, 0.2) is 18.2 Å². The first-order valence-electron chi connectivity index (χ1n) is 7.87. The molecular formula is C17H24N2O2. The quantitative estimate of drug-likeness (QED) is 0.856. The summed E-state index contributed by atoms with van der Waals surface area (Å²) in [7, 11) is 1.71. The Bertz CT molecular complexity index is 518. The van der Waals surface area contributed by atoms with Crippen molar-refractivity contribution < 1.29 is 9.53 Å². The highest BCUT2D eigenvalue weighted by Gasteiger charge is 2.31. The monoisotopic (exact) mass is 288 g/mol. The lowest BCUT2D eigenvalue weighted by Gasteiger charge is -2.39. The van der Waals surface area contributed by atoms with E-state index in [1.165, 1.54) is 12.0 Å². The van der Waals surface area contributed by atoms with Crippen LogP contribution in [0.1, 0.15) is 24.8 Å². The number of carbonyl (C=O) groups excluding carboxylic acids is 1. The summed E-state index contributed by atoms with van der Waals surface area (Å²) in [6.45, 7) is 5.52. The molecule has 1 aliphatic carbocycles. The largest absolute Gasteiger partial charge is 0.495 e. The second-order valence-corrected chi connectivity index (χ2v) is 6.12. The Kier molecular flexibility index (Phi) is 4.04.